The molecule has 0 aliphatic carbocycles. The SMILES string of the molecule is O=[N+]([O-])c1c(Nc2ccccc2)ncnc1Nc1ccc(N=Nc2ccccc2)cc1. The number of hydrogen-bond acceptors (Lipinski definition) is 8. The first-order valence-corrected chi connectivity index (χ1v) is 9.34. The third kappa shape index (κ3) is 5.04. The second-order valence-electron chi connectivity index (χ2n) is 6.38. The van der Waals surface area contributed by atoms with E-state index >= 15 is 0 Å². The molecule has 0 atom stereocenters. The highest BCUT2D eigenvalue weighted by Gasteiger charge is 2.23. The van der Waals surface area contributed by atoms with Gasteiger partial charge in [0.25, 0.3) is 0 Å². The van der Waals surface area contributed by atoms with E-state index in [9.17, 15) is 10.1 Å². The van der Waals surface area contributed by atoms with E-state index in [-0.39, 0.29) is 17.3 Å². The van der Waals surface area contributed by atoms with Crippen LogP contribution in [0.25, 0.3) is 0 Å². The standard InChI is InChI=1S/C22H17N7O2/c30-29(31)20-21(25-16-7-3-1-4-8-16)23-15-24-22(20)26-17-11-13-19(14-12-17)28-27-18-9-5-2-6-10-18/h1-15H,(H2,23,24,25,26). The molecule has 0 fully saturated rings. The zero-order valence-electron chi connectivity index (χ0n) is 16.2. The predicted molar refractivity (Wildman–Crippen MR) is 119 cm³/mol. The predicted octanol–water partition coefficient (Wildman–Crippen LogP) is 6.29. The van der Waals surface area contributed by atoms with Crippen molar-refractivity contribution < 1.29 is 4.92 Å². The highest BCUT2D eigenvalue weighted by Crippen LogP contribution is 2.33. The van der Waals surface area contributed by atoms with Crippen LogP contribution in [0.1, 0.15) is 0 Å². The molecular weight excluding hydrogens is 394 g/mol. The van der Waals surface area contributed by atoms with Crippen LogP contribution in [0.2, 0.25) is 0 Å². The molecule has 4 aromatic rings. The highest BCUT2D eigenvalue weighted by atomic mass is 16.6. The average molecular weight is 411 g/mol. The van der Waals surface area contributed by atoms with Crippen molar-refractivity contribution in [1.82, 2.24) is 9.97 Å². The maximum Gasteiger partial charge on any atom is 0.353 e. The van der Waals surface area contributed by atoms with Crippen molar-refractivity contribution in [2.24, 2.45) is 10.2 Å². The molecule has 0 spiro atoms. The van der Waals surface area contributed by atoms with Crippen LogP contribution in [0.5, 0.6) is 0 Å². The number of anilines is 4. The van der Waals surface area contributed by atoms with Crippen LogP contribution in [0.15, 0.2) is 101 Å². The van der Waals surface area contributed by atoms with Gasteiger partial charge in [-0.1, -0.05) is 36.4 Å². The normalized spacial score (nSPS) is 10.7. The Bertz CT molecular complexity index is 1200. The molecule has 9 heteroatoms. The summed E-state index contributed by atoms with van der Waals surface area (Å²) >= 11 is 0. The monoisotopic (exact) mass is 411 g/mol. The van der Waals surface area contributed by atoms with Gasteiger partial charge in [-0.05, 0) is 48.5 Å². The van der Waals surface area contributed by atoms with Gasteiger partial charge in [0.1, 0.15) is 6.33 Å². The fourth-order valence-corrected chi connectivity index (χ4v) is 2.75. The van der Waals surface area contributed by atoms with Gasteiger partial charge in [-0.2, -0.15) is 10.2 Å². The molecule has 0 radical (unpaired) electrons. The van der Waals surface area contributed by atoms with Gasteiger partial charge < -0.3 is 10.6 Å². The van der Waals surface area contributed by atoms with Crippen molar-refractivity contribution in [3.8, 4) is 0 Å². The zero-order chi connectivity index (χ0) is 21.5. The molecule has 0 bridgehead atoms. The summed E-state index contributed by atoms with van der Waals surface area (Å²) in [5.41, 5.74) is 2.45. The molecule has 152 valence electrons. The van der Waals surface area contributed by atoms with Crippen LogP contribution >= 0.6 is 0 Å². The third-order valence-corrected chi connectivity index (χ3v) is 4.21. The van der Waals surface area contributed by atoms with Crippen LogP contribution in [-0.2, 0) is 0 Å². The molecule has 2 N–H and O–H groups in total. The van der Waals surface area contributed by atoms with Gasteiger partial charge in [0.15, 0.2) is 0 Å². The lowest BCUT2D eigenvalue weighted by molar-refractivity contribution is -0.383. The zero-order valence-corrected chi connectivity index (χ0v) is 16.2. The van der Waals surface area contributed by atoms with Crippen LogP contribution in [0.4, 0.5) is 40.1 Å². The Balaban J connectivity index is 1.54. The van der Waals surface area contributed by atoms with Crippen molar-refractivity contribution in [1.29, 1.82) is 0 Å². The first-order chi connectivity index (χ1) is 15.2. The van der Waals surface area contributed by atoms with Crippen molar-refractivity contribution in [3.05, 3.63) is 101 Å². The Hall–Kier alpha value is -4.66. The Morgan fingerprint density at radius 3 is 1.71 bits per heavy atom. The minimum absolute atomic E-state index is 0.0806. The summed E-state index contributed by atoms with van der Waals surface area (Å²) in [5, 5.41) is 26.0. The Morgan fingerprint density at radius 1 is 0.677 bits per heavy atom. The summed E-state index contributed by atoms with van der Waals surface area (Å²) in [4.78, 5) is 19.3. The summed E-state index contributed by atoms with van der Waals surface area (Å²) in [6, 6.07) is 25.5. The van der Waals surface area contributed by atoms with E-state index < -0.39 is 4.92 Å². The van der Waals surface area contributed by atoms with Crippen molar-refractivity contribution >= 4 is 40.1 Å². The van der Waals surface area contributed by atoms with E-state index in [0.29, 0.717) is 17.1 Å². The van der Waals surface area contributed by atoms with Crippen LogP contribution in [0, 0.1) is 10.1 Å². The number of azo groups is 1. The Kier molecular flexibility index (Phi) is 5.85. The lowest BCUT2D eigenvalue weighted by Crippen LogP contribution is -2.05. The molecule has 0 aliphatic heterocycles. The number of hydrogen-bond donors (Lipinski definition) is 2. The highest BCUT2D eigenvalue weighted by molar-refractivity contribution is 5.76. The maximum atomic E-state index is 11.7. The van der Waals surface area contributed by atoms with Crippen molar-refractivity contribution in [2.45, 2.75) is 0 Å². The molecule has 0 saturated carbocycles. The number of nitrogens with one attached hydrogen (secondary N) is 2. The van der Waals surface area contributed by atoms with Gasteiger partial charge in [0.2, 0.25) is 11.6 Å². The van der Waals surface area contributed by atoms with Gasteiger partial charge in [0, 0.05) is 11.4 Å². The van der Waals surface area contributed by atoms with E-state index in [1.54, 1.807) is 36.4 Å². The topological polar surface area (TPSA) is 118 Å². The number of nitrogens with zero attached hydrogens (tertiary/aromatic N) is 5. The molecule has 0 amide bonds. The van der Waals surface area contributed by atoms with Gasteiger partial charge >= 0.3 is 5.69 Å². The van der Waals surface area contributed by atoms with E-state index in [1.807, 2.05) is 48.5 Å². The molecule has 3 aromatic carbocycles. The van der Waals surface area contributed by atoms with Gasteiger partial charge in [-0.15, -0.1) is 0 Å². The number of benzene rings is 3. The second kappa shape index (κ2) is 9.23. The number of rotatable bonds is 7. The van der Waals surface area contributed by atoms with Gasteiger partial charge in [-0.3, -0.25) is 10.1 Å². The molecule has 0 saturated heterocycles. The molecule has 31 heavy (non-hydrogen) atoms. The fraction of sp³-hybridized carbons (Fsp3) is 0. The van der Waals surface area contributed by atoms with E-state index in [0.717, 1.165) is 5.69 Å². The summed E-state index contributed by atoms with van der Waals surface area (Å²) in [7, 11) is 0. The minimum Gasteiger partial charge on any atom is -0.334 e. The second-order valence-corrected chi connectivity index (χ2v) is 6.38. The molecule has 1 aromatic heterocycles. The van der Waals surface area contributed by atoms with Crippen LogP contribution in [0.3, 0.4) is 0 Å². The number of aromatic nitrogens is 2. The van der Waals surface area contributed by atoms with Crippen LogP contribution < -0.4 is 10.6 Å². The summed E-state index contributed by atoms with van der Waals surface area (Å²) in [6.45, 7) is 0. The summed E-state index contributed by atoms with van der Waals surface area (Å²) in [5.74, 6) is 0.180. The number of para-hydroxylation sites is 1. The summed E-state index contributed by atoms with van der Waals surface area (Å²) < 4.78 is 0. The first-order valence-electron chi connectivity index (χ1n) is 9.34. The molecule has 0 aliphatic rings. The molecule has 9 nitrogen and oxygen atoms in total. The van der Waals surface area contributed by atoms with E-state index in [1.165, 1.54) is 6.33 Å². The molecule has 1 heterocycles. The molecular formula is C22H17N7O2. The summed E-state index contributed by atoms with van der Waals surface area (Å²) in [6.07, 6.45) is 1.27. The number of nitro groups is 1. The largest absolute Gasteiger partial charge is 0.353 e. The maximum absolute atomic E-state index is 11.7. The smallest absolute Gasteiger partial charge is 0.334 e. The fourth-order valence-electron chi connectivity index (χ4n) is 2.75. The first kappa shape index (κ1) is 19.6. The van der Waals surface area contributed by atoms with E-state index in [4.69, 9.17) is 0 Å². The Morgan fingerprint density at radius 2 is 1.16 bits per heavy atom. The lowest BCUT2D eigenvalue weighted by Gasteiger charge is -2.10. The van der Waals surface area contributed by atoms with Gasteiger partial charge in [0.05, 0.1) is 16.3 Å². The quantitative estimate of drug-likeness (QED) is 0.210. The van der Waals surface area contributed by atoms with E-state index in [2.05, 4.69) is 30.8 Å². The third-order valence-electron chi connectivity index (χ3n) is 4.21. The average Bonchev–Trinajstić information content (AvgIpc) is 2.80. The lowest BCUT2D eigenvalue weighted by atomic mass is 10.2. The van der Waals surface area contributed by atoms with Gasteiger partial charge in [-0.25, -0.2) is 9.97 Å². The Labute approximate surface area is 177 Å². The van der Waals surface area contributed by atoms with Crippen LogP contribution in [-0.4, -0.2) is 14.9 Å². The van der Waals surface area contributed by atoms with Crippen molar-refractivity contribution in [3.63, 3.8) is 0 Å². The minimum atomic E-state index is -0.518. The molecule has 4 rings (SSSR count). The van der Waals surface area contributed by atoms with Crippen molar-refractivity contribution in [2.75, 3.05) is 10.6 Å². The molecule has 0 unspecified atom stereocenters.